The highest BCUT2D eigenvalue weighted by Crippen LogP contribution is 2.12. The lowest BCUT2D eigenvalue weighted by Crippen LogP contribution is -2.32. The van der Waals surface area contributed by atoms with Gasteiger partial charge in [0.05, 0.1) is 17.5 Å². The Morgan fingerprint density at radius 2 is 1.88 bits per heavy atom. The second-order valence-corrected chi connectivity index (χ2v) is 4.47. The van der Waals surface area contributed by atoms with Crippen LogP contribution in [0.1, 0.15) is 38.2 Å². The Kier molecular flexibility index (Phi) is 4.83. The molecule has 0 bridgehead atoms. The summed E-state index contributed by atoms with van der Waals surface area (Å²) in [6, 6.07) is 0.113. The van der Waals surface area contributed by atoms with Crippen LogP contribution in [-0.2, 0) is 0 Å². The molecule has 0 aromatic carbocycles. The first-order chi connectivity index (χ1) is 7.52. The average Bonchev–Trinajstić information content (AvgIpc) is 2.25. The standard InChI is InChI=1S/C12H21N3O/c1-8(2)11(16)7-15-10(4)12-9(3)13-5-6-14-12/h5-6,8,10-11,15-16H,7H2,1-4H3. The number of nitrogens with zero attached hydrogens (tertiary/aromatic N) is 2. The first-order valence-electron chi connectivity index (χ1n) is 5.71. The van der Waals surface area contributed by atoms with Crippen molar-refractivity contribution in [3.05, 3.63) is 23.8 Å². The zero-order valence-corrected chi connectivity index (χ0v) is 10.4. The summed E-state index contributed by atoms with van der Waals surface area (Å²) >= 11 is 0. The van der Waals surface area contributed by atoms with Crippen LogP contribution in [0.2, 0.25) is 0 Å². The molecule has 0 fully saturated rings. The molecule has 0 aliphatic rings. The van der Waals surface area contributed by atoms with E-state index in [0.29, 0.717) is 6.54 Å². The second kappa shape index (κ2) is 5.92. The lowest BCUT2D eigenvalue weighted by Gasteiger charge is -2.19. The number of aliphatic hydroxyl groups is 1. The van der Waals surface area contributed by atoms with Gasteiger partial charge in [0.2, 0.25) is 0 Å². The van der Waals surface area contributed by atoms with Crippen LogP contribution in [0, 0.1) is 12.8 Å². The molecule has 0 amide bonds. The molecule has 2 atom stereocenters. The summed E-state index contributed by atoms with van der Waals surface area (Å²) in [6.07, 6.45) is 3.06. The normalized spacial score (nSPS) is 15.1. The molecule has 1 heterocycles. The molecule has 0 saturated heterocycles. The van der Waals surface area contributed by atoms with E-state index < -0.39 is 0 Å². The highest BCUT2D eigenvalue weighted by molar-refractivity contribution is 5.12. The summed E-state index contributed by atoms with van der Waals surface area (Å²) in [5.41, 5.74) is 1.87. The molecule has 0 aliphatic carbocycles. The summed E-state index contributed by atoms with van der Waals surface area (Å²) in [5, 5.41) is 13.0. The van der Waals surface area contributed by atoms with Crippen LogP contribution in [0.15, 0.2) is 12.4 Å². The van der Waals surface area contributed by atoms with Gasteiger partial charge < -0.3 is 10.4 Å². The number of aliphatic hydroxyl groups excluding tert-OH is 1. The Morgan fingerprint density at radius 3 is 2.44 bits per heavy atom. The van der Waals surface area contributed by atoms with Crippen molar-refractivity contribution in [1.82, 2.24) is 15.3 Å². The van der Waals surface area contributed by atoms with E-state index in [0.717, 1.165) is 11.4 Å². The number of aromatic nitrogens is 2. The van der Waals surface area contributed by atoms with E-state index >= 15 is 0 Å². The summed E-state index contributed by atoms with van der Waals surface area (Å²) in [4.78, 5) is 8.49. The number of aryl methyl sites for hydroxylation is 1. The Labute approximate surface area is 97.1 Å². The van der Waals surface area contributed by atoms with Crippen LogP contribution in [0.5, 0.6) is 0 Å². The molecular weight excluding hydrogens is 202 g/mol. The van der Waals surface area contributed by atoms with Gasteiger partial charge in [-0.25, -0.2) is 0 Å². The van der Waals surface area contributed by atoms with Crippen molar-refractivity contribution in [3.63, 3.8) is 0 Å². The summed E-state index contributed by atoms with van der Waals surface area (Å²) in [5.74, 6) is 0.266. The quantitative estimate of drug-likeness (QED) is 0.793. The molecular formula is C12H21N3O. The second-order valence-electron chi connectivity index (χ2n) is 4.47. The van der Waals surface area contributed by atoms with Gasteiger partial charge >= 0.3 is 0 Å². The molecule has 4 nitrogen and oxygen atoms in total. The average molecular weight is 223 g/mol. The topological polar surface area (TPSA) is 58.0 Å². The van der Waals surface area contributed by atoms with E-state index in [1.807, 2.05) is 27.7 Å². The fourth-order valence-electron chi connectivity index (χ4n) is 1.47. The third-order valence-corrected chi connectivity index (χ3v) is 2.73. The van der Waals surface area contributed by atoms with Gasteiger partial charge in [-0.1, -0.05) is 13.8 Å². The zero-order valence-electron chi connectivity index (χ0n) is 10.4. The minimum atomic E-state index is -0.320. The van der Waals surface area contributed by atoms with Crippen LogP contribution in [-0.4, -0.2) is 27.7 Å². The van der Waals surface area contributed by atoms with Gasteiger partial charge in [0, 0.05) is 25.0 Å². The van der Waals surface area contributed by atoms with Crippen molar-refractivity contribution in [2.24, 2.45) is 5.92 Å². The maximum Gasteiger partial charge on any atom is 0.0782 e. The van der Waals surface area contributed by atoms with Crippen LogP contribution >= 0.6 is 0 Å². The molecule has 2 N–H and O–H groups in total. The van der Waals surface area contributed by atoms with Crippen LogP contribution < -0.4 is 5.32 Å². The Hall–Kier alpha value is -1.00. The minimum absolute atomic E-state index is 0.113. The summed E-state index contributed by atoms with van der Waals surface area (Å²) in [6.45, 7) is 8.56. The van der Waals surface area contributed by atoms with E-state index in [2.05, 4.69) is 15.3 Å². The Bertz CT molecular complexity index is 328. The molecule has 4 heteroatoms. The molecule has 0 saturated carbocycles. The van der Waals surface area contributed by atoms with Crippen molar-refractivity contribution in [3.8, 4) is 0 Å². The van der Waals surface area contributed by atoms with Gasteiger partial charge in [-0.3, -0.25) is 9.97 Å². The van der Waals surface area contributed by atoms with E-state index in [1.165, 1.54) is 0 Å². The molecule has 0 aliphatic heterocycles. The Morgan fingerprint density at radius 1 is 1.25 bits per heavy atom. The predicted octanol–water partition coefficient (Wildman–Crippen LogP) is 1.45. The van der Waals surface area contributed by atoms with E-state index in [9.17, 15) is 5.11 Å². The SMILES string of the molecule is Cc1nccnc1C(C)NCC(O)C(C)C. The maximum absolute atomic E-state index is 9.69. The number of hydrogen-bond donors (Lipinski definition) is 2. The molecule has 0 radical (unpaired) electrons. The van der Waals surface area contributed by atoms with E-state index in [1.54, 1.807) is 12.4 Å². The molecule has 2 unspecified atom stereocenters. The molecule has 16 heavy (non-hydrogen) atoms. The lowest BCUT2D eigenvalue weighted by atomic mass is 10.1. The van der Waals surface area contributed by atoms with Gasteiger partial charge in [-0.15, -0.1) is 0 Å². The number of hydrogen-bond acceptors (Lipinski definition) is 4. The number of nitrogens with one attached hydrogen (secondary N) is 1. The lowest BCUT2D eigenvalue weighted by molar-refractivity contribution is 0.120. The number of rotatable bonds is 5. The molecule has 90 valence electrons. The summed E-state index contributed by atoms with van der Waals surface area (Å²) in [7, 11) is 0. The first-order valence-corrected chi connectivity index (χ1v) is 5.71. The minimum Gasteiger partial charge on any atom is -0.392 e. The van der Waals surface area contributed by atoms with Crippen molar-refractivity contribution in [2.75, 3.05) is 6.54 Å². The molecule has 1 aromatic rings. The van der Waals surface area contributed by atoms with Crippen LogP contribution in [0.4, 0.5) is 0 Å². The monoisotopic (exact) mass is 223 g/mol. The van der Waals surface area contributed by atoms with Gasteiger partial charge in [-0.2, -0.15) is 0 Å². The molecule has 1 aromatic heterocycles. The third-order valence-electron chi connectivity index (χ3n) is 2.73. The van der Waals surface area contributed by atoms with Gasteiger partial charge in [-0.05, 0) is 19.8 Å². The van der Waals surface area contributed by atoms with E-state index in [4.69, 9.17) is 0 Å². The first kappa shape index (κ1) is 13.1. The molecule has 0 spiro atoms. The summed E-state index contributed by atoms with van der Waals surface area (Å²) < 4.78 is 0. The zero-order chi connectivity index (χ0) is 12.1. The van der Waals surface area contributed by atoms with Gasteiger partial charge in [0.25, 0.3) is 0 Å². The smallest absolute Gasteiger partial charge is 0.0782 e. The van der Waals surface area contributed by atoms with Gasteiger partial charge in [0.15, 0.2) is 0 Å². The highest BCUT2D eigenvalue weighted by atomic mass is 16.3. The molecule has 1 rings (SSSR count). The predicted molar refractivity (Wildman–Crippen MR) is 64.0 cm³/mol. The maximum atomic E-state index is 9.69. The van der Waals surface area contributed by atoms with Crippen LogP contribution in [0.3, 0.4) is 0 Å². The highest BCUT2D eigenvalue weighted by Gasteiger charge is 2.13. The van der Waals surface area contributed by atoms with Crippen molar-refractivity contribution in [1.29, 1.82) is 0 Å². The van der Waals surface area contributed by atoms with Crippen molar-refractivity contribution >= 4 is 0 Å². The van der Waals surface area contributed by atoms with Crippen molar-refractivity contribution in [2.45, 2.75) is 39.8 Å². The van der Waals surface area contributed by atoms with E-state index in [-0.39, 0.29) is 18.1 Å². The largest absolute Gasteiger partial charge is 0.392 e. The fraction of sp³-hybridized carbons (Fsp3) is 0.667. The van der Waals surface area contributed by atoms with Crippen LogP contribution in [0.25, 0.3) is 0 Å². The van der Waals surface area contributed by atoms with Crippen molar-refractivity contribution < 1.29 is 5.11 Å². The third kappa shape index (κ3) is 3.54. The fourth-order valence-corrected chi connectivity index (χ4v) is 1.47. The Balaban J connectivity index is 2.53. The van der Waals surface area contributed by atoms with Gasteiger partial charge in [0.1, 0.15) is 0 Å².